The van der Waals surface area contributed by atoms with E-state index in [9.17, 15) is 30.3 Å². The van der Waals surface area contributed by atoms with E-state index in [1.165, 1.54) is 11.1 Å². The molecule has 11 atom stereocenters. The van der Waals surface area contributed by atoms with Crippen molar-refractivity contribution in [2.75, 3.05) is 20.2 Å². The minimum Gasteiger partial charge on any atom is -0.396 e. The molecule has 2 fully saturated rings. The normalized spacial score (nSPS) is 34.4. The fourth-order valence-corrected chi connectivity index (χ4v) is 11.4. The van der Waals surface area contributed by atoms with Crippen LogP contribution in [0.5, 0.6) is 0 Å². The van der Waals surface area contributed by atoms with Crippen molar-refractivity contribution < 1.29 is 30.3 Å². The van der Waals surface area contributed by atoms with Gasteiger partial charge < -0.3 is 30.8 Å². The quantitative estimate of drug-likeness (QED) is 0.0474. The first-order valence-corrected chi connectivity index (χ1v) is 22.3. The lowest BCUT2D eigenvalue weighted by molar-refractivity contribution is -0.194. The molecule has 2 aromatic carbocycles. The first-order valence-electron chi connectivity index (χ1n) is 22.3. The largest absolute Gasteiger partial charge is 0.396 e. The highest BCUT2D eigenvalue weighted by molar-refractivity contribution is 5.74. The van der Waals surface area contributed by atoms with Crippen LogP contribution in [0.4, 0.5) is 0 Å². The van der Waals surface area contributed by atoms with E-state index in [0.717, 1.165) is 47.0 Å². The summed E-state index contributed by atoms with van der Waals surface area (Å²) in [4.78, 5) is 12.5. The zero-order valence-electron chi connectivity index (χ0n) is 36.3. The van der Waals surface area contributed by atoms with E-state index in [-0.39, 0.29) is 36.3 Å². The van der Waals surface area contributed by atoms with Crippen LogP contribution in [-0.2, 0) is 24.1 Å². The lowest BCUT2D eigenvalue weighted by Gasteiger charge is -2.61. The average molecular weight is 819 g/mol. The summed E-state index contributed by atoms with van der Waals surface area (Å²) in [6.07, 6.45) is 16.3. The molecule has 7 N–H and O–H groups in total. The molecule has 0 radical (unpaired) electrons. The number of nitrogens with one attached hydrogen (secondary N) is 2. The van der Waals surface area contributed by atoms with Crippen molar-refractivity contribution in [2.45, 2.75) is 115 Å². The van der Waals surface area contributed by atoms with Crippen molar-refractivity contribution in [2.24, 2.45) is 35.0 Å². The molecule has 8 nitrogen and oxygen atoms in total. The number of aldehydes is 1. The highest BCUT2D eigenvalue weighted by Crippen LogP contribution is 2.67. The highest BCUT2D eigenvalue weighted by atomic mass is 16.3. The van der Waals surface area contributed by atoms with Crippen LogP contribution in [0.15, 0.2) is 125 Å². The van der Waals surface area contributed by atoms with Gasteiger partial charge in [0, 0.05) is 29.9 Å². The van der Waals surface area contributed by atoms with E-state index in [2.05, 4.69) is 78.8 Å². The SMILES string of the molecule is C=C(/C=C/C=C(/[C@H](O)CCc1ccccc1)[C@@H]1CC[C@]2([C@@H]1O)[C@@H]1C(=C(C)C=O)[C@@H](C=C[C@H]1CCO)C[C@]2(O)CCNC)[C@H]1C/C=C(\C)[C@@H](O)N[C@@H](C)Cc2cccc(c2)C1. The van der Waals surface area contributed by atoms with Gasteiger partial charge in [-0.1, -0.05) is 109 Å². The molecular weight excluding hydrogens is 749 g/mol. The average Bonchev–Trinajstić information content (AvgIpc) is 3.58. The van der Waals surface area contributed by atoms with Crippen molar-refractivity contribution in [3.05, 3.63) is 142 Å². The second kappa shape index (κ2) is 20.4. The second-order valence-corrected chi connectivity index (χ2v) is 18.3. The van der Waals surface area contributed by atoms with Crippen molar-refractivity contribution in [3.8, 4) is 0 Å². The number of aliphatic hydroxyl groups excluding tert-OH is 4. The van der Waals surface area contributed by atoms with Crippen LogP contribution in [-0.4, -0.2) is 82.1 Å². The maximum Gasteiger partial charge on any atom is 0.145 e. The Morgan fingerprint density at radius 1 is 1.08 bits per heavy atom. The predicted octanol–water partition coefficient (Wildman–Crippen LogP) is 6.88. The predicted molar refractivity (Wildman–Crippen MR) is 241 cm³/mol. The third kappa shape index (κ3) is 9.81. The molecule has 0 amide bonds. The summed E-state index contributed by atoms with van der Waals surface area (Å²) < 4.78 is 0. The third-order valence-corrected chi connectivity index (χ3v) is 14.5. The summed E-state index contributed by atoms with van der Waals surface area (Å²) in [5, 5.41) is 66.1. The molecule has 3 aliphatic carbocycles. The van der Waals surface area contributed by atoms with Gasteiger partial charge in [0.2, 0.25) is 0 Å². The number of carbonyl (C=O) groups excluding carboxylic acids is 1. The van der Waals surface area contributed by atoms with Gasteiger partial charge >= 0.3 is 0 Å². The van der Waals surface area contributed by atoms with Crippen LogP contribution >= 0.6 is 0 Å². The van der Waals surface area contributed by atoms with Gasteiger partial charge in [0.15, 0.2) is 0 Å². The maximum atomic E-state index is 13.1. The van der Waals surface area contributed by atoms with Crippen LogP contribution in [0.1, 0.15) is 82.4 Å². The molecule has 4 aliphatic rings. The number of allylic oxidation sites excluding steroid dienone is 9. The molecule has 8 heteroatoms. The Labute approximate surface area is 358 Å². The molecule has 2 saturated carbocycles. The monoisotopic (exact) mass is 819 g/mol. The van der Waals surface area contributed by atoms with Gasteiger partial charge in [-0.2, -0.15) is 0 Å². The molecule has 0 saturated heterocycles. The van der Waals surface area contributed by atoms with Crippen LogP contribution in [0.3, 0.4) is 0 Å². The number of hydrogen-bond acceptors (Lipinski definition) is 8. The van der Waals surface area contributed by atoms with Gasteiger partial charge in [-0.3, -0.25) is 10.1 Å². The Bertz CT molecular complexity index is 1950. The summed E-state index contributed by atoms with van der Waals surface area (Å²) >= 11 is 0. The van der Waals surface area contributed by atoms with Crippen molar-refractivity contribution in [3.63, 3.8) is 0 Å². The number of hydrogen-bond donors (Lipinski definition) is 7. The molecule has 2 aromatic rings. The van der Waals surface area contributed by atoms with E-state index in [1.54, 1.807) is 0 Å². The third-order valence-electron chi connectivity index (χ3n) is 14.5. The zero-order valence-corrected chi connectivity index (χ0v) is 36.3. The Balaban J connectivity index is 1.38. The number of carbonyl (C=O) groups is 1. The van der Waals surface area contributed by atoms with Crippen LogP contribution in [0.2, 0.25) is 0 Å². The van der Waals surface area contributed by atoms with Gasteiger partial charge in [0.05, 0.1) is 17.8 Å². The lowest BCUT2D eigenvalue weighted by Crippen LogP contribution is -2.65. The lowest BCUT2D eigenvalue weighted by atomic mass is 9.45. The Morgan fingerprint density at radius 2 is 1.83 bits per heavy atom. The van der Waals surface area contributed by atoms with E-state index in [0.29, 0.717) is 63.5 Å². The summed E-state index contributed by atoms with van der Waals surface area (Å²) in [5.41, 5.74) is 5.40. The van der Waals surface area contributed by atoms with Gasteiger partial charge in [-0.15, -0.1) is 0 Å². The number of aryl methyl sites for hydroxylation is 1. The van der Waals surface area contributed by atoms with E-state index in [4.69, 9.17) is 0 Å². The number of rotatable bonds is 14. The van der Waals surface area contributed by atoms with Crippen molar-refractivity contribution >= 4 is 6.29 Å². The molecule has 6 rings (SSSR count). The summed E-state index contributed by atoms with van der Waals surface area (Å²) in [6, 6.07) is 18.9. The van der Waals surface area contributed by atoms with Crippen LogP contribution in [0, 0.1) is 35.0 Å². The first-order chi connectivity index (χ1) is 28.8. The summed E-state index contributed by atoms with van der Waals surface area (Å²) in [5.74, 6) is -1.08. The second-order valence-electron chi connectivity index (χ2n) is 18.3. The van der Waals surface area contributed by atoms with Gasteiger partial charge in [0.25, 0.3) is 0 Å². The molecule has 1 spiro atoms. The first kappa shape index (κ1) is 45.8. The topological polar surface area (TPSA) is 142 Å². The molecule has 1 heterocycles. The molecule has 4 bridgehead atoms. The van der Waals surface area contributed by atoms with E-state index >= 15 is 0 Å². The molecule has 0 aromatic heterocycles. The van der Waals surface area contributed by atoms with Crippen LogP contribution in [0.25, 0.3) is 0 Å². The molecule has 60 heavy (non-hydrogen) atoms. The van der Waals surface area contributed by atoms with Gasteiger partial charge in [0.1, 0.15) is 12.5 Å². The number of benzene rings is 2. The fourth-order valence-electron chi connectivity index (χ4n) is 11.4. The zero-order chi connectivity index (χ0) is 43.0. The molecule has 1 aliphatic heterocycles. The Morgan fingerprint density at radius 3 is 2.55 bits per heavy atom. The minimum absolute atomic E-state index is 0.0510. The Kier molecular flexibility index (Phi) is 15.6. The highest BCUT2D eigenvalue weighted by Gasteiger charge is 2.68. The van der Waals surface area contributed by atoms with Crippen molar-refractivity contribution in [1.82, 2.24) is 10.6 Å². The molecule has 0 unspecified atom stereocenters. The standard InChI is InChI=1S/C52H70N2O6/c1-34(42-19-17-35(2)50(59)54-37(4)29-39-14-10-15-40(30-39)31-42)11-9-16-44(46(57)22-18-38-12-7-6-8-13-38)45-23-25-52(49(45)58)48-41(24-28-55)20-21-43(47(48)36(3)33-56)32-51(52,60)26-27-53-5/h6-17,20-21,30,33,37,41-43,45-46,48-50,53-55,57-60H,1,18-19,22-29,31-32H2,2-5H3/b11-9+,35-17+,44-16+,47-36?/t37-,41-,42-,43-,45-,46+,48-,49+,50+,51+,52+/m0/s1. The van der Waals surface area contributed by atoms with Crippen LogP contribution < -0.4 is 10.6 Å². The molecule has 324 valence electrons. The fraction of sp³-hybridized carbons (Fsp3) is 0.519. The van der Waals surface area contributed by atoms with Gasteiger partial charge in [-0.05, 0) is 150 Å². The minimum atomic E-state index is -1.27. The smallest absolute Gasteiger partial charge is 0.145 e. The van der Waals surface area contributed by atoms with E-state index in [1.807, 2.05) is 57.3 Å². The summed E-state index contributed by atoms with van der Waals surface area (Å²) in [7, 11) is 1.87. The van der Waals surface area contributed by atoms with Gasteiger partial charge in [-0.25, -0.2) is 0 Å². The Hall–Kier alpha value is -3.73. The number of aliphatic hydroxyl groups is 5. The maximum absolute atomic E-state index is 13.1. The summed E-state index contributed by atoms with van der Waals surface area (Å²) in [6.45, 7) is 10.9. The molecular formula is C52H70N2O6. The van der Waals surface area contributed by atoms with Crippen molar-refractivity contribution in [1.29, 1.82) is 0 Å². The van der Waals surface area contributed by atoms with E-state index < -0.39 is 35.4 Å². The number of fused-ring (bicyclic) bond motifs is 5.